The summed E-state index contributed by atoms with van der Waals surface area (Å²) in [6, 6.07) is 10.4. The van der Waals surface area contributed by atoms with E-state index in [0.717, 1.165) is 31.6 Å². The van der Waals surface area contributed by atoms with Crippen molar-refractivity contribution in [2.45, 2.75) is 44.4 Å². The van der Waals surface area contributed by atoms with E-state index in [1.165, 1.54) is 12.8 Å². The first-order chi connectivity index (χ1) is 21.4. The molecule has 2 saturated heterocycles. The van der Waals surface area contributed by atoms with E-state index in [1.54, 1.807) is 35.1 Å². The number of hydrogen-bond acceptors (Lipinski definition) is 10. The van der Waals surface area contributed by atoms with Crippen molar-refractivity contribution >= 4 is 43.0 Å². The minimum Gasteiger partial charge on any atom is -0.514 e. The molecule has 0 atom stereocenters. The lowest BCUT2D eigenvalue weighted by Gasteiger charge is -2.35. The molecule has 2 aromatic carbocycles. The molecule has 2 aliphatic heterocycles. The lowest BCUT2D eigenvalue weighted by atomic mass is 9.93. The molecule has 1 spiro atoms. The van der Waals surface area contributed by atoms with Gasteiger partial charge in [-0.2, -0.15) is 0 Å². The van der Waals surface area contributed by atoms with Crippen LogP contribution in [0.5, 0.6) is 0 Å². The average molecular weight is 638 g/mol. The fraction of sp³-hybridized carbons (Fsp3) is 0.400. The average Bonchev–Trinajstić information content (AvgIpc) is 3.56. The van der Waals surface area contributed by atoms with E-state index in [0.29, 0.717) is 45.2 Å². The van der Waals surface area contributed by atoms with E-state index in [4.69, 9.17) is 10.9 Å². The summed E-state index contributed by atoms with van der Waals surface area (Å²) >= 11 is 0. The molecule has 1 aliphatic carbocycles. The number of alkyl halides is 2. The molecular weight excluding hydrogens is 604 g/mol. The van der Waals surface area contributed by atoms with Crippen LogP contribution in [0.1, 0.15) is 44.1 Å². The van der Waals surface area contributed by atoms with Gasteiger partial charge >= 0.3 is 0 Å². The topological polar surface area (TPSA) is 169 Å². The number of hydrogen-bond donors (Lipinski definition) is 3. The maximum Gasteiger partial charge on any atom is 0.251 e. The third-order valence-corrected chi connectivity index (χ3v) is 10.3. The van der Waals surface area contributed by atoms with Gasteiger partial charge in [-0.3, -0.25) is 0 Å². The summed E-state index contributed by atoms with van der Waals surface area (Å²) < 4.78 is 54.0. The lowest BCUT2D eigenvalue weighted by Crippen LogP contribution is -2.39. The predicted octanol–water partition coefficient (Wildman–Crippen LogP) is 4.22. The van der Waals surface area contributed by atoms with E-state index >= 15 is 0 Å². The first-order valence-corrected chi connectivity index (χ1v) is 16.4. The minimum absolute atomic E-state index is 0.167. The molecule has 1 saturated carbocycles. The van der Waals surface area contributed by atoms with Crippen molar-refractivity contribution in [2.75, 3.05) is 41.7 Å². The second-order valence-corrected chi connectivity index (χ2v) is 13.9. The number of benzene rings is 2. The summed E-state index contributed by atoms with van der Waals surface area (Å²) in [5.74, 6) is -2.47. The molecule has 236 valence electrons. The van der Waals surface area contributed by atoms with Gasteiger partial charge in [-0.15, -0.1) is 15.3 Å². The number of aliphatic hydroxyl groups is 1. The molecule has 2 aromatic heterocycles. The number of rotatable bonds is 6. The minimum atomic E-state index is -4.18. The highest BCUT2D eigenvalue weighted by molar-refractivity contribution is 7.98. The number of aliphatic hydroxyl groups excluding tert-OH is 1. The highest BCUT2D eigenvalue weighted by Crippen LogP contribution is 2.54. The smallest absolute Gasteiger partial charge is 0.251 e. The van der Waals surface area contributed by atoms with Gasteiger partial charge in [-0.05, 0) is 67.0 Å². The molecule has 0 radical (unpaired) electrons. The molecule has 0 bridgehead atoms. The highest BCUT2D eigenvalue weighted by Gasteiger charge is 2.44. The molecule has 3 aliphatic rings. The van der Waals surface area contributed by atoms with Crippen LogP contribution >= 0.6 is 0 Å². The van der Waals surface area contributed by atoms with Crippen LogP contribution in [0.3, 0.4) is 0 Å². The van der Waals surface area contributed by atoms with Crippen LogP contribution in [0.4, 0.5) is 26.0 Å². The van der Waals surface area contributed by atoms with Crippen molar-refractivity contribution in [2.24, 2.45) is 10.6 Å². The molecule has 45 heavy (non-hydrogen) atoms. The molecule has 5 N–H and O–H groups in total. The number of primary sulfonamides is 1. The van der Waals surface area contributed by atoms with Gasteiger partial charge in [0.15, 0.2) is 0 Å². The third-order valence-electron chi connectivity index (χ3n) is 9.37. The Labute approximate surface area is 258 Å². The highest BCUT2D eigenvalue weighted by atomic mass is 32.2. The van der Waals surface area contributed by atoms with E-state index in [9.17, 15) is 22.3 Å². The van der Waals surface area contributed by atoms with Gasteiger partial charge in [-0.25, -0.2) is 27.0 Å². The van der Waals surface area contributed by atoms with Crippen molar-refractivity contribution in [3.63, 3.8) is 0 Å². The van der Waals surface area contributed by atoms with Crippen LogP contribution in [0, 0.1) is 5.41 Å². The van der Waals surface area contributed by atoms with Crippen LogP contribution < -0.4 is 20.7 Å². The van der Waals surface area contributed by atoms with Crippen LogP contribution in [-0.4, -0.2) is 70.8 Å². The Bertz CT molecular complexity index is 1920. The number of piperidine rings is 2. The maximum absolute atomic E-state index is 14.0. The Morgan fingerprint density at radius 2 is 1.56 bits per heavy atom. The molecular formula is C30H33F2N9O3S. The number of aromatic nitrogens is 5. The van der Waals surface area contributed by atoms with Crippen LogP contribution in [0.25, 0.3) is 32.8 Å². The summed E-state index contributed by atoms with van der Waals surface area (Å²) in [5.41, 5.74) is 10.5. The normalized spacial score (nSPS) is 19.8. The van der Waals surface area contributed by atoms with Crippen LogP contribution in [0.2, 0.25) is 0 Å². The fourth-order valence-corrected chi connectivity index (χ4v) is 7.07. The zero-order valence-corrected chi connectivity index (χ0v) is 25.2. The second kappa shape index (κ2) is 10.6. The van der Waals surface area contributed by atoms with Crippen molar-refractivity contribution in [1.82, 2.24) is 25.2 Å². The molecule has 4 heterocycles. The first kappa shape index (κ1) is 29.3. The molecule has 0 unspecified atom stereocenters. The number of nitrogens with two attached hydrogens (primary N) is 2. The molecule has 15 heteroatoms. The first-order valence-electron chi connectivity index (χ1n) is 14.8. The standard InChI is InChI=1S/C30H33F2N9O3S/c31-30(32)7-11-40(12-8-30)25-15-20(13-21-16-27(33)36-37-28(21)25)22-17-41(38-35-22)23-2-1-19(26(18-42)45(34,43)44)14-24(23)39-9-5-29(3-4-29)6-10-39/h1-2,13-18,42H,3-12H2,(H2,33,36)(H2,34,43,44). The number of sulfonamides is 1. The van der Waals surface area contributed by atoms with Crippen LogP contribution in [0.15, 0.2) is 48.9 Å². The van der Waals surface area contributed by atoms with Crippen LogP contribution in [-0.2, 0) is 10.0 Å². The van der Waals surface area contributed by atoms with E-state index in [1.807, 2.05) is 17.0 Å². The molecule has 3 fully saturated rings. The summed E-state index contributed by atoms with van der Waals surface area (Å²) in [7, 11) is -4.18. The van der Waals surface area contributed by atoms with Gasteiger partial charge in [-0.1, -0.05) is 11.3 Å². The van der Waals surface area contributed by atoms with Crippen molar-refractivity contribution < 1.29 is 22.3 Å². The molecule has 0 amide bonds. The Hall–Kier alpha value is -4.37. The Morgan fingerprint density at radius 3 is 2.22 bits per heavy atom. The summed E-state index contributed by atoms with van der Waals surface area (Å²) in [6.07, 6.45) is 6.28. The van der Waals surface area contributed by atoms with Crippen molar-refractivity contribution in [3.8, 4) is 16.9 Å². The summed E-state index contributed by atoms with van der Waals surface area (Å²) in [5, 5.41) is 33.0. The monoisotopic (exact) mass is 637 g/mol. The number of nitrogen functional groups attached to an aromatic ring is 1. The summed E-state index contributed by atoms with van der Waals surface area (Å²) in [4.78, 5) is 3.70. The largest absolute Gasteiger partial charge is 0.514 e. The number of fused-ring (bicyclic) bond motifs is 1. The second-order valence-electron chi connectivity index (χ2n) is 12.3. The molecule has 7 rings (SSSR count). The van der Waals surface area contributed by atoms with E-state index in [-0.39, 0.29) is 42.2 Å². The van der Waals surface area contributed by atoms with Gasteiger partial charge in [0.1, 0.15) is 21.9 Å². The van der Waals surface area contributed by atoms with Gasteiger partial charge in [0.05, 0.1) is 29.5 Å². The SMILES string of the molecule is Nc1cc2cc(-c3cn(-c4ccc(C(=CO)S(N)(=O)=O)cc4N4CCC5(CC4)CC5)nn3)cc(N3CCC(F)(F)CC3)c2nn1. The van der Waals surface area contributed by atoms with Crippen molar-refractivity contribution in [1.29, 1.82) is 0 Å². The quantitative estimate of drug-likeness (QED) is 0.260. The third kappa shape index (κ3) is 5.65. The maximum atomic E-state index is 14.0. The van der Waals surface area contributed by atoms with E-state index < -0.39 is 15.9 Å². The Balaban J connectivity index is 1.29. The number of anilines is 3. The summed E-state index contributed by atoms with van der Waals surface area (Å²) in [6.45, 7) is 1.91. The zero-order chi connectivity index (χ0) is 31.6. The Morgan fingerprint density at radius 1 is 0.867 bits per heavy atom. The van der Waals surface area contributed by atoms with Gasteiger partial charge in [0.2, 0.25) is 10.0 Å². The van der Waals surface area contributed by atoms with Gasteiger partial charge in [0.25, 0.3) is 5.92 Å². The van der Waals surface area contributed by atoms with Crippen molar-refractivity contribution in [3.05, 3.63) is 54.4 Å². The zero-order valence-electron chi connectivity index (χ0n) is 24.4. The lowest BCUT2D eigenvalue weighted by molar-refractivity contribution is -0.0220. The van der Waals surface area contributed by atoms with E-state index in [2.05, 4.69) is 25.4 Å². The Kier molecular flexibility index (Phi) is 6.92. The van der Waals surface area contributed by atoms with Gasteiger partial charge in [0, 0.05) is 50.0 Å². The molecule has 4 aromatic rings. The van der Waals surface area contributed by atoms with Gasteiger partial charge < -0.3 is 20.6 Å². The predicted molar refractivity (Wildman–Crippen MR) is 168 cm³/mol. The fourth-order valence-electron chi connectivity index (χ4n) is 6.47. The number of nitrogens with zero attached hydrogens (tertiary/aromatic N) is 7. The number of halogens is 2. The molecule has 12 nitrogen and oxygen atoms in total.